The summed E-state index contributed by atoms with van der Waals surface area (Å²) in [6, 6.07) is 0. The maximum absolute atomic E-state index is 11.7. The molecule has 0 radical (unpaired) electrons. The van der Waals surface area contributed by atoms with Crippen molar-refractivity contribution in [3.05, 3.63) is 0 Å². The number of rotatable bonds is 7. The Balaban J connectivity index is 2.30. The Morgan fingerprint density at radius 3 is 2.15 bits per heavy atom. The third kappa shape index (κ3) is 14.1. The van der Waals surface area contributed by atoms with Gasteiger partial charge in [0, 0.05) is 6.42 Å². The van der Waals surface area contributed by atoms with E-state index in [-0.39, 0.29) is 5.97 Å². The first kappa shape index (κ1) is 23.0. The highest BCUT2D eigenvalue weighted by Crippen LogP contribution is 2.13. The number of carbonyl (C=O) groups excluding carboxylic acids is 1. The number of unbranched alkanes of at least 4 members (excludes halogenated alkanes) is 4. The van der Waals surface area contributed by atoms with Crippen molar-refractivity contribution in [2.24, 2.45) is 5.16 Å². The van der Waals surface area contributed by atoms with Crippen LogP contribution in [0.1, 0.15) is 116 Å². The van der Waals surface area contributed by atoms with Gasteiger partial charge in [0.15, 0.2) is 0 Å². The molecule has 0 aromatic carbocycles. The van der Waals surface area contributed by atoms with Gasteiger partial charge in [-0.1, -0.05) is 69.9 Å². The fourth-order valence-corrected chi connectivity index (χ4v) is 3.32. The standard InChI is InChI=1S/C22H41NO3/c1-2-3-4-11-14-20-26-23-21-16-12-9-7-5-6-8-10-13-18-22(24)25-19-15-17-21/h2-20H2,1H3/b23-21+. The van der Waals surface area contributed by atoms with Gasteiger partial charge in [-0.2, -0.15) is 0 Å². The van der Waals surface area contributed by atoms with Crippen molar-refractivity contribution in [1.82, 2.24) is 0 Å². The zero-order chi connectivity index (χ0) is 18.7. The van der Waals surface area contributed by atoms with Gasteiger partial charge in [0.25, 0.3) is 0 Å². The lowest BCUT2D eigenvalue weighted by Gasteiger charge is -2.09. The summed E-state index contributed by atoms with van der Waals surface area (Å²) in [4.78, 5) is 17.3. The molecule has 0 N–H and O–H groups in total. The van der Waals surface area contributed by atoms with Gasteiger partial charge in [-0.25, -0.2) is 0 Å². The van der Waals surface area contributed by atoms with Crippen molar-refractivity contribution in [2.75, 3.05) is 13.2 Å². The lowest BCUT2D eigenvalue weighted by molar-refractivity contribution is -0.143. The molecule has 0 amide bonds. The Labute approximate surface area is 161 Å². The highest BCUT2D eigenvalue weighted by molar-refractivity contribution is 5.83. The van der Waals surface area contributed by atoms with Gasteiger partial charge in [0.05, 0.1) is 12.3 Å². The molecule has 0 atom stereocenters. The maximum atomic E-state index is 11.7. The molecule has 0 saturated carbocycles. The van der Waals surface area contributed by atoms with Gasteiger partial charge in [-0.05, 0) is 44.9 Å². The van der Waals surface area contributed by atoms with Gasteiger partial charge in [-0.3, -0.25) is 4.79 Å². The van der Waals surface area contributed by atoms with Crippen molar-refractivity contribution in [3.63, 3.8) is 0 Å². The molecule has 0 aliphatic carbocycles. The zero-order valence-corrected chi connectivity index (χ0v) is 17.1. The second-order valence-electron chi connectivity index (χ2n) is 7.56. The van der Waals surface area contributed by atoms with Crippen LogP contribution in [-0.4, -0.2) is 24.9 Å². The molecule has 0 aromatic rings. The molecular formula is C22H41NO3. The first-order valence-electron chi connectivity index (χ1n) is 11.2. The highest BCUT2D eigenvalue weighted by Gasteiger charge is 2.06. The van der Waals surface area contributed by atoms with Gasteiger partial charge < -0.3 is 9.57 Å². The van der Waals surface area contributed by atoms with Crippen molar-refractivity contribution in [3.8, 4) is 0 Å². The monoisotopic (exact) mass is 367 g/mol. The van der Waals surface area contributed by atoms with E-state index in [0.717, 1.165) is 50.8 Å². The summed E-state index contributed by atoms with van der Waals surface area (Å²) in [5, 5.41) is 4.40. The van der Waals surface area contributed by atoms with E-state index in [4.69, 9.17) is 9.57 Å². The Bertz CT molecular complexity index is 368. The van der Waals surface area contributed by atoms with Crippen LogP contribution >= 0.6 is 0 Å². The van der Waals surface area contributed by atoms with Crippen molar-refractivity contribution >= 4 is 11.7 Å². The molecule has 1 saturated heterocycles. The SMILES string of the molecule is CCCCCCCO/N=C1\CCCCCCCCCCC(=O)OCCC1. The van der Waals surface area contributed by atoms with Crippen LogP contribution in [-0.2, 0) is 14.4 Å². The molecule has 0 spiro atoms. The fraction of sp³-hybridized carbons (Fsp3) is 0.909. The van der Waals surface area contributed by atoms with Gasteiger partial charge >= 0.3 is 5.97 Å². The van der Waals surface area contributed by atoms with E-state index in [1.54, 1.807) is 0 Å². The molecule has 26 heavy (non-hydrogen) atoms. The second kappa shape index (κ2) is 17.4. The van der Waals surface area contributed by atoms with Crippen molar-refractivity contribution < 1.29 is 14.4 Å². The minimum atomic E-state index is -0.0427. The van der Waals surface area contributed by atoms with E-state index in [1.807, 2.05) is 0 Å². The minimum absolute atomic E-state index is 0.0427. The Morgan fingerprint density at radius 1 is 0.808 bits per heavy atom. The van der Waals surface area contributed by atoms with E-state index in [1.165, 1.54) is 64.2 Å². The van der Waals surface area contributed by atoms with Crippen molar-refractivity contribution in [1.29, 1.82) is 0 Å². The van der Waals surface area contributed by atoms with E-state index in [2.05, 4.69) is 12.1 Å². The molecule has 1 fully saturated rings. The van der Waals surface area contributed by atoms with Gasteiger partial charge in [0.1, 0.15) is 6.61 Å². The maximum Gasteiger partial charge on any atom is 0.305 e. The average molecular weight is 368 g/mol. The number of esters is 1. The highest BCUT2D eigenvalue weighted by atomic mass is 16.6. The topological polar surface area (TPSA) is 47.9 Å². The normalized spacial score (nSPS) is 20.7. The molecule has 4 heteroatoms. The quantitative estimate of drug-likeness (QED) is 0.290. The number of carbonyl (C=O) groups is 1. The lowest BCUT2D eigenvalue weighted by atomic mass is 10.0. The van der Waals surface area contributed by atoms with E-state index >= 15 is 0 Å². The molecular weight excluding hydrogens is 326 g/mol. The van der Waals surface area contributed by atoms with Crippen LogP contribution in [0.3, 0.4) is 0 Å². The number of nitrogens with zero attached hydrogens (tertiary/aromatic N) is 1. The number of cyclic esters (lactones) is 1. The van der Waals surface area contributed by atoms with Crippen molar-refractivity contribution in [2.45, 2.75) is 116 Å². The molecule has 0 aromatic heterocycles. The molecule has 0 bridgehead atoms. The lowest BCUT2D eigenvalue weighted by Crippen LogP contribution is -2.08. The first-order valence-corrected chi connectivity index (χ1v) is 11.2. The minimum Gasteiger partial charge on any atom is -0.466 e. The molecule has 4 nitrogen and oxygen atoms in total. The summed E-state index contributed by atoms with van der Waals surface area (Å²) in [6.45, 7) is 3.47. The van der Waals surface area contributed by atoms with Gasteiger partial charge in [0.2, 0.25) is 0 Å². The van der Waals surface area contributed by atoms with Crippen LogP contribution in [0.15, 0.2) is 5.16 Å². The average Bonchev–Trinajstić information content (AvgIpc) is 2.64. The number of hydrogen-bond donors (Lipinski definition) is 0. The predicted molar refractivity (Wildman–Crippen MR) is 109 cm³/mol. The Morgan fingerprint density at radius 2 is 1.42 bits per heavy atom. The number of oxime groups is 1. The summed E-state index contributed by atoms with van der Waals surface area (Å²) < 4.78 is 5.34. The smallest absolute Gasteiger partial charge is 0.305 e. The first-order chi connectivity index (χ1) is 12.8. The molecule has 1 aliphatic heterocycles. The van der Waals surface area contributed by atoms with Crippen LogP contribution in [0.4, 0.5) is 0 Å². The third-order valence-electron chi connectivity index (χ3n) is 5.00. The van der Waals surface area contributed by atoms with Crippen LogP contribution in [0.5, 0.6) is 0 Å². The molecule has 1 rings (SSSR count). The largest absolute Gasteiger partial charge is 0.466 e. The molecule has 1 aliphatic rings. The van der Waals surface area contributed by atoms with E-state index in [0.29, 0.717) is 13.0 Å². The molecule has 1 heterocycles. The van der Waals surface area contributed by atoms with Crippen LogP contribution in [0, 0.1) is 0 Å². The number of hydrogen-bond acceptors (Lipinski definition) is 4. The third-order valence-corrected chi connectivity index (χ3v) is 5.00. The zero-order valence-electron chi connectivity index (χ0n) is 17.1. The Kier molecular flexibility index (Phi) is 15.3. The predicted octanol–water partition coefficient (Wildman–Crippen LogP) is 6.57. The fourth-order valence-electron chi connectivity index (χ4n) is 3.32. The summed E-state index contributed by atoms with van der Waals surface area (Å²) in [5.74, 6) is -0.0427. The molecule has 0 unspecified atom stereocenters. The molecule has 152 valence electrons. The summed E-state index contributed by atoms with van der Waals surface area (Å²) in [7, 11) is 0. The van der Waals surface area contributed by atoms with Crippen LogP contribution in [0.2, 0.25) is 0 Å². The van der Waals surface area contributed by atoms with Gasteiger partial charge in [-0.15, -0.1) is 0 Å². The van der Waals surface area contributed by atoms with Crippen LogP contribution < -0.4 is 0 Å². The summed E-state index contributed by atoms with van der Waals surface area (Å²) in [6.07, 6.45) is 19.3. The van der Waals surface area contributed by atoms with E-state index in [9.17, 15) is 4.79 Å². The number of ether oxygens (including phenoxy) is 1. The second-order valence-corrected chi connectivity index (χ2v) is 7.56. The van der Waals surface area contributed by atoms with E-state index < -0.39 is 0 Å². The Hall–Kier alpha value is -1.06. The van der Waals surface area contributed by atoms with Crippen LogP contribution in [0.25, 0.3) is 0 Å². The summed E-state index contributed by atoms with van der Waals surface area (Å²) >= 11 is 0. The summed E-state index contributed by atoms with van der Waals surface area (Å²) in [5.41, 5.74) is 1.14.